The largest absolute Gasteiger partial charge is 0.448 e. The summed E-state index contributed by atoms with van der Waals surface area (Å²) in [5, 5.41) is 3.29. The van der Waals surface area contributed by atoms with Gasteiger partial charge < -0.3 is 20.5 Å². The highest BCUT2D eigenvalue weighted by atomic mass is 16.5. The molecule has 0 aliphatic carbocycles. The van der Waals surface area contributed by atoms with Crippen LogP contribution < -0.4 is 11.1 Å². The van der Waals surface area contributed by atoms with Crippen molar-refractivity contribution in [2.75, 3.05) is 19.8 Å². The molecule has 1 aliphatic heterocycles. The summed E-state index contributed by atoms with van der Waals surface area (Å²) in [7, 11) is 0. The van der Waals surface area contributed by atoms with E-state index in [-0.39, 0.29) is 0 Å². The second-order valence-electron chi connectivity index (χ2n) is 3.52. The Bertz CT molecular complexity index is 187. The third kappa shape index (κ3) is 4.43. The lowest BCUT2D eigenvalue weighted by molar-refractivity contribution is 0.0125. The molecule has 0 aromatic rings. The maximum absolute atomic E-state index is 10.3. The third-order valence-corrected chi connectivity index (χ3v) is 2.26. The van der Waals surface area contributed by atoms with Crippen molar-refractivity contribution in [3.8, 4) is 0 Å². The van der Waals surface area contributed by atoms with E-state index in [9.17, 15) is 4.79 Å². The number of carbonyl (C=O) groups is 1. The smallest absolute Gasteiger partial charge is 0.404 e. The molecule has 1 aliphatic rings. The van der Waals surface area contributed by atoms with Gasteiger partial charge in [-0.15, -0.1) is 0 Å². The molecule has 0 aromatic carbocycles. The Kier molecular flexibility index (Phi) is 4.69. The molecule has 3 N–H and O–H groups in total. The van der Waals surface area contributed by atoms with E-state index < -0.39 is 6.09 Å². The highest BCUT2D eigenvalue weighted by Gasteiger charge is 2.18. The summed E-state index contributed by atoms with van der Waals surface area (Å²) in [6.45, 7) is 3.85. The lowest BCUT2D eigenvalue weighted by Crippen LogP contribution is -2.39. The molecule has 14 heavy (non-hydrogen) atoms. The van der Waals surface area contributed by atoms with Gasteiger partial charge in [-0.25, -0.2) is 4.79 Å². The fraction of sp³-hybridized carbons (Fsp3) is 0.889. The Morgan fingerprint density at radius 2 is 2.50 bits per heavy atom. The van der Waals surface area contributed by atoms with Gasteiger partial charge in [0.1, 0.15) is 6.61 Å². The van der Waals surface area contributed by atoms with E-state index in [0.717, 1.165) is 19.4 Å². The Balaban J connectivity index is 2.03. The van der Waals surface area contributed by atoms with Gasteiger partial charge in [0, 0.05) is 19.2 Å². The maximum Gasteiger partial charge on any atom is 0.404 e. The molecule has 5 heteroatoms. The number of amides is 1. The average molecular weight is 202 g/mol. The summed E-state index contributed by atoms with van der Waals surface area (Å²) in [6.07, 6.45) is 1.63. The highest BCUT2D eigenvalue weighted by Crippen LogP contribution is 2.12. The Labute approximate surface area is 83.9 Å². The molecule has 82 valence electrons. The second-order valence-corrected chi connectivity index (χ2v) is 3.52. The van der Waals surface area contributed by atoms with Crippen molar-refractivity contribution >= 4 is 6.09 Å². The first-order chi connectivity index (χ1) is 6.68. The SMILES string of the molecule is CC1CC(NCCOC(N)=O)CCO1. The van der Waals surface area contributed by atoms with E-state index in [2.05, 4.69) is 17.0 Å². The van der Waals surface area contributed by atoms with Crippen LogP contribution >= 0.6 is 0 Å². The van der Waals surface area contributed by atoms with E-state index in [1.54, 1.807) is 0 Å². The number of nitrogens with one attached hydrogen (secondary N) is 1. The molecule has 2 unspecified atom stereocenters. The summed E-state index contributed by atoms with van der Waals surface area (Å²) >= 11 is 0. The zero-order valence-electron chi connectivity index (χ0n) is 8.49. The molecule has 1 fully saturated rings. The van der Waals surface area contributed by atoms with Crippen molar-refractivity contribution in [2.45, 2.75) is 31.9 Å². The minimum Gasteiger partial charge on any atom is -0.448 e. The van der Waals surface area contributed by atoms with Crippen LogP contribution in [0.2, 0.25) is 0 Å². The zero-order chi connectivity index (χ0) is 10.4. The van der Waals surface area contributed by atoms with Gasteiger partial charge in [0.25, 0.3) is 0 Å². The maximum atomic E-state index is 10.3. The van der Waals surface area contributed by atoms with Crippen molar-refractivity contribution in [1.82, 2.24) is 5.32 Å². The van der Waals surface area contributed by atoms with E-state index in [1.165, 1.54) is 0 Å². The predicted molar refractivity (Wildman–Crippen MR) is 52.0 cm³/mol. The second kappa shape index (κ2) is 5.82. The molecule has 0 bridgehead atoms. The lowest BCUT2D eigenvalue weighted by Gasteiger charge is -2.27. The van der Waals surface area contributed by atoms with E-state index >= 15 is 0 Å². The summed E-state index contributed by atoms with van der Waals surface area (Å²) in [6, 6.07) is 0.468. The molecular weight excluding hydrogens is 184 g/mol. The Hall–Kier alpha value is -0.810. The monoisotopic (exact) mass is 202 g/mol. The minimum atomic E-state index is -0.716. The molecule has 1 amide bonds. The number of carbonyl (C=O) groups excluding carboxylic acids is 1. The number of hydrogen-bond donors (Lipinski definition) is 2. The van der Waals surface area contributed by atoms with Crippen LogP contribution in [0.15, 0.2) is 0 Å². The summed E-state index contributed by atoms with van der Waals surface area (Å²) in [5.74, 6) is 0. The first-order valence-electron chi connectivity index (χ1n) is 4.95. The van der Waals surface area contributed by atoms with E-state index in [4.69, 9.17) is 10.5 Å². The minimum absolute atomic E-state index is 0.318. The number of rotatable bonds is 4. The van der Waals surface area contributed by atoms with Gasteiger partial charge in [0.05, 0.1) is 6.10 Å². The van der Waals surface area contributed by atoms with Crippen LogP contribution in [0.5, 0.6) is 0 Å². The molecule has 1 rings (SSSR count). The number of nitrogens with two attached hydrogens (primary N) is 1. The van der Waals surface area contributed by atoms with Gasteiger partial charge in [-0.1, -0.05) is 0 Å². The molecule has 2 atom stereocenters. The van der Waals surface area contributed by atoms with Crippen LogP contribution in [-0.2, 0) is 9.47 Å². The van der Waals surface area contributed by atoms with Crippen molar-refractivity contribution < 1.29 is 14.3 Å². The number of hydrogen-bond acceptors (Lipinski definition) is 4. The molecule has 1 heterocycles. The fourth-order valence-corrected chi connectivity index (χ4v) is 1.60. The third-order valence-electron chi connectivity index (χ3n) is 2.26. The molecule has 0 saturated carbocycles. The van der Waals surface area contributed by atoms with Crippen LogP contribution in [0, 0.1) is 0 Å². The molecule has 0 radical (unpaired) electrons. The summed E-state index contributed by atoms with van der Waals surface area (Å²) in [4.78, 5) is 10.3. The van der Waals surface area contributed by atoms with Crippen molar-refractivity contribution in [1.29, 1.82) is 0 Å². The predicted octanol–water partition coefficient (Wildman–Crippen LogP) is 0.239. The average Bonchev–Trinajstić information content (AvgIpc) is 2.12. The van der Waals surface area contributed by atoms with Gasteiger partial charge in [-0.3, -0.25) is 0 Å². The quantitative estimate of drug-likeness (QED) is 0.640. The fourth-order valence-electron chi connectivity index (χ4n) is 1.60. The van der Waals surface area contributed by atoms with Crippen molar-refractivity contribution in [3.05, 3.63) is 0 Å². The van der Waals surface area contributed by atoms with Crippen LogP contribution in [0.3, 0.4) is 0 Å². The Morgan fingerprint density at radius 3 is 3.14 bits per heavy atom. The van der Waals surface area contributed by atoms with Gasteiger partial charge in [-0.2, -0.15) is 0 Å². The standard InChI is InChI=1S/C9H18N2O3/c1-7-6-8(2-4-13-7)11-3-5-14-9(10)12/h7-8,11H,2-6H2,1H3,(H2,10,12). The first-order valence-corrected chi connectivity index (χ1v) is 4.95. The topological polar surface area (TPSA) is 73.6 Å². The van der Waals surface area contributed by atoms with Crippen molar-refractivity contribution in [2.24, 2.45) is 5.73 Å². The lowest BCUT2D eigenvalue weighted by atomic mass is 10.0. The van der Waals surface area contributed by atoms with Gasteiger partial charge in [-0.05, 0) is 19.8 Å². The molecule has 1 saturated heterocycles. The summed E-state index contributed by atoms with van der Waals surface area (Å²) in [5.41, 5.74) is 4.82. The Morgan fingerprint density at radius 1 is 1.71 bits per heavy atom. The van der Waals surface area contributed by atoms with Crippen LogP contribution in [0.25, 0.3) is 0 Å². The van der Waals surface area contributed by atoms with Gasteiger partial charge in [0.15, 0.2) is 0 Å². The van der Waals surface area contributed by atoms with Gasteiger partial charge in [0.2, 0.25) is 0 Å². The number of primary amides is 1. The normalized spacial score (nSPS) is 27.2. The van der Waals surface area contributed by atoms with E-state index in [0.29, 0.717) is 25.3 Å². The van der Waals surface area contributed by atoms with Crippen LogP contribution in [-0.4, -0.2) is 38.0 Å². The molecule has 0 aromatic heterocycles. The molecule has 0 spiro atoms. The van der Waals surface area contributed by atoms with Crippen molar-refractivity contribution in [3.63, 3.8) is 0 Å². The first kappa shape index (κ1) is 11.3. The highest BCUT2D eigenvalue weighted by molar-refractivity contribution is 5.64. The van der Waals surface area contributed by atoms with E-state index in [1.807, 2.05) is 0 Å². The summed E-state index contributed by atoms with van der Waals surface area (Å²) < 4.78 is 10.0. The molecular formula is C9H18N2O3. The van der Waals surface area contributed by atoms with Gasteiger partial charge >= 0.3 is 6.09 Å². The molecule has 5 nitrogen and oxygen atoms in total. The van der Waals surface area contributed by atoms with Crippen LogP contribution in [0.4, 0.5) is 4.79 Å². The zero-order valence-corrected chi connectivity index (χ0v) is 8.49. The number of ether oxygens (including phenoxy) is 2. The van der Waals surface area contributed by atoms with Crippen LogP contribution in [0.1, 0.15) is 19.8 Å².